The van der Waals surface area contributed by atoms with Gasteiger partial charge in [0.25, 0.3) is 0 Å². The number of allylic oxidation sites excluding steroid dienone is 5. The second-order valence-electron chi connectivity index (χ2n) is 26.8. The van der Waals surface area contributed by atoms with Crippen LogP contribution in [0.3, 0.4) is 0 Å². The van der Waals surface area contributed by atoms with Crippen molar-refractivity contribution in [3.63, 3.8) is 0 Å². The summed E-state index contributed by atoms with van der Waals surface area (Å²) in [7, 11) is 0. The van der Waals surface area contributed by atoms with E-state index in [9.17, 15) is 0 Å². The van der Waals surface area contributed by atoms with E-state index in [0.29, 0.717) is 0 Å². The molecule has 0 aliphatic heterocycles. The van der Waals surface area contributed by atoms with Crippen molar-refractivity contribution in [2.75, 3.05) is 9.80 Å². The van der Waals surface area contributed by atoms with Gasteiger partial charge in [-0.25, -0.2) is 9.97 Å². The van der Waals surface area contributed by atoms with Gasteiger partial charge in [0, 0.05) is 74.4 Å². The SMILES string of the molecule is Cc1ccc(-c2cc(C)cnc2N(C2=CC3C(c4oc5ccccc5c42)c2c(cc(N(c4ccc(C(C)(C)C)cc4)c4ncc(C)cc4-c4ccc(C)cc4)c4ccccc24)C32c3ccccc3C3C=CC=CC32)c2ccc(C(C)(C)C)cc2)cc1. The Labute approximate surface area is 506 Å². The Morgan fingerprint density at radius 3 is 1.60 bits per heavy atom. The molecule has 0 bridgehead atoms. The number of aryl methyl sites for hydroxylation is 4. The molecule has 0 fully saturated rings. The molecule has 3 aromatic heterocycles. The van der Waals surface area contributed by atoms with Crippen LogP contribution in [0.25, 0.3) is 49.7 Å². The Bertz CT molecular complexity index is 4600. The van der Waals surface area contributed by atoms with Gasteiger partial charge in [0.2, 0.25) is 0 Å². The van der Waals surface area contributed by atoms with Gasteiger partial charge in [-0.05, 0) is 148 Å². The van der Waals surface area contributed by atoms with Crippen molar-refractivity contribution >= 4 is 56.1 Å². The fraction of sp³-hybridized carbons (Fsp3) is 0.210. The van der Waals surface area contributed by atoms with Crippen LogP contribution in [-0.4, -0.2) is 9.97 Å². The minimum atomic E-state index is -0.603. The molecular formula is C81H72N4O. The fourth-order valence-electron chi connectivity index (χ4n) is 15.1. The molecule has 4 aliphatic carbocycles. The number of benzene rings is 8. The molecule has 0 saturated heterocycles. The highest BCUT2D eigenvalue weighted by Crippen LogP contribution is 2.71. The summed E-state index contributed by atoms with van der Waals surface area (Å²) in [6, 6.07) is 70.9. The summed E-state index contributed by atoms with van der Waals surface area (Å²) < 4.78 is 7.70. The van der Waals surface area contributed by atoms with Crippen LogP contribution in [0.1, 0.15) is 120 Å². The molecule has 0 N–H and O–H groups in total. The van der Waals surface area contributed by atoms with Crippen molar-refractivity contribution in [1.82, 2.24) is 9.97 Å². The van der Waals surface area contributed by atoms with E-state index in [4.69, 9.17) is 14.4 Å². The molecule has 0 saturated carbocycles. The predicted octanol–water partition coefficient (Wildman–Crippen LogP) is 21.1. The van der Waals surface area contributed by atoms with E-state index in [1.165, 1.54) is 49.9 Å². The number of fused-ring (bicyclic) bond motifs is 16. The average Bonchev–Trinajstić information content (AvgIpc) is 1.50. The van der Waals surface area contributed by atoms with Gasteiger partial charge in [-0.2, -0.15) is 0 Å². The van der Waals surface area contributed by atoms with E-state index in [0.717, 1.165) is 95.5 Å². The van der Waals surface area contributed by atoms with E-state index in [1.54, 1.807) is 0 Å². The molecule has 422 valence electrons. The van der Waals surface area contributed by atoms with E-state index in [1.807, 2.05) is 12.4 Å². The maximum atomic E-state index is 7.70. The largest absolute Gasteiger partial charge is 0.460 e. The number of pyridine rings is 2. The van der Waals surface area contributed by atoms with Crippen LogP contribution in [0, 0.1) is 39.5 Å². The molecule has 3 heterocycles. The molecule has 5 nitrogen and oxygen atoms in total. The molecule has 4 aliphatic rings. The van der Waals surface area contributed by atoms with Crippen molar-refractivity contribution < 1.29 is 4.42 Å². The minimum Gasteiger partial charge on any atom is -0.460 e. The number of hydrogen-bond donors (Lipinski definition) is 0. The summed E-state index contributed by atoms with van der Waals surface area (Å²) >= 11 is 0. The van der Waals surface area contributed by atoms with Gasteiger partial charge in [0.1, 0.15) is 23.0 Å². The summed E-state index contributed by atoms with van der Waals surface area (Å²) in [5.41, 5.74) is 22.5. The number of para-hydroxylation sites is 1. The molecule has 5 atom stereocenters. The van der Waals surface area contributed by atoms with E-state index in [2.05, 4.69) is 297 Å². The van der Waals surface area contributed by atoms with Crippen molar-refractivity contribution in [1.29, 1.82) is 0 Å². The lowest BCUT2D eigenvalue weighted by molar-refractivity contribution is 0.296. The molecule has 5 heteroatoms. The number of hydrogen-bond acceptors (Lipinski definition) is 5. The van der Waals surface area contributed by atoms with Gasteiger partial charge >= 0.3 is 0 Å². The third-order valence-corrected chi connectivity index (χ3v) is 19.3. The summed E-state index contributed by atoms with van der Waals surface area (Å²) in [5.74, 6) is 2.59. The van der Waals surface area contributed by atoms with Crippen molar-refractivity contribution in [3.8, 4) is 22.3 Å². The average molecular weight is 1120 g/mol. The van der Waals surface area contributed by atoms with E-state index in [-0.39, 0.29) is 34.5 Å². The molecule has 8 aromatic carbocycles. The fourth-order valence-corrected chi connectivity index (χ4v) is 15.1. The number of nitrogens with zero attached hydrogens (tertiary/aromatic N) is 4. The van der Waals surface area contributed by atoms with Crippen LogP contribution >= 0.6 is 0 Å². The van der Waals surface area contributed by atoms with Crippen LogP contribution in [0.15, 0.2) is 235 Å². The van der Waals surface area contributed by atoms with Gasteiger partial charge in [0.05, 0.1) is 17.3 Å². The summed E-state index contributed by atoms with van der Waals surface area (Å²) in [6.45, 7) is 22.4. The first-order valence-electron chi connectivity index (χ1n) is 30.7. The molecule has 0 radical (unpaired) electrons. The van der Waals surface area contributed by atoms with Crippen molar-refractivity contribution in [3.05, 3.63) is 298 Å². The maximum absolute atomic E-state index is 7.70. The first-order valence-corrected chi connectivity index (χ1v) is 30.7. The third-order valence-electron chi connectivity index (χ3n) is 19.3. The topological polar surface area (TPSA) is 45.4 Å². The highest BCUT2D eigenvalue weighted by molar-refractivity contribution is 6.07. The van der Waals surface area contributed by atoms with Gasteiger partial charge in [0.15, 0.2) is 0 Å². The Morgan fingerprint density at radius 2 is 1.00 bits per heavy atom. The van der Waals surface area contributed by atoms with Crippen LogP contribution in [0.2, 0.25) is 0 Å². The van der Waals surface area contributed by atoms with Crippen LogP contribution in [0.4, 0.5) is 28.7 Å². The smallest absolute Gasteiger partial charge is 0.145 e. The van der Waals surface area contributed by atoms with Crippen molar-refractivity contribution in [2.45, 2.75) is 97.3 Å². The zero-order chi connectivity index (χ0) is 59.0. The first kappa shape index (κ1) is 53.4. The molecular weight excluding hydrogens is 1040 g/mol. The first-order chi connectivity index (χ1) is 41.6. The van der Waals surface area contributed by atoms with Gasteiger partial charge < -0.3 is 4.42 Å². The van der Waals surface area contributed by atoms with Gasteiger partial charge in [-0.3, -0.25) is 9.80 Å². The lowest BCUT2D eigenvalue weighted by Crippen LogP contribution is -2.40. The summed E-state index contributed by atoms with van der Waals surface area (Å²) in [5, 5.41) is 3.45. The maximum Gasteiger partial charge on any atom is 0.145 e. The van der Waals surface area contributed by atoms with Crippen LogP contribution in [0.5, 0.6) is 0 Å². The monoisotopic (exact) mass is 1120 g/mol. The zero-order valence-electron chi connectivity index (χ0n) is 50.9. The Kier molecular flexibility index (Phi) is 12.4. The lowest BCUT2D eigenvalue weighted by Gasteiger charge is -2.43. The normalized spacial score (nSPS) is 19.1. The van der Waals surface area contributed by atoms with E-state index < -0.39 is 5.41 Å². The Hall–Kier alpha value is -9.32. The molecule has 15 rings (SSSR count). The highest BCUT2D eigenvalue weighted by Gasteiger charge is 2.64. The number of rotatable bonds is 8. The molecule has 1 spiro atoms. The number of anilines is 5. The van der Waals surface area contributed by atoms with Gasteiger partial charge in [-0.15, -0.1) is 0 Å². The molecule has 5 unspecified atom stereocenters. The van der Waals surface area contributed by atoms with Crippen LogP contribution < -0.4 is 9.80 Å². The second kappa shape index (κ2) is 19.9. The zero-order valence-corrected chi connectivity index (χ0v) is 50.9. The summed E-state index contributed by atoms with van der Waals surface area (Å²) in [4.78, 5) is 16.0. The summed E-state index contributed by atoms with van der Waals surface area (Å²) in [6.07, 6.45) is 16.3. The van der Waals surface area contributed by atoms with Crippen molar-refractivity contribution in [2.24, 2.45) is 11.8 Å². The lowest BCUT2D eigenvalue weighted by atomic mass is 9.60. The second-order valence-corrected chi connectivity index (χ2v) is 26.8. The van der Waals surface area contributed by atoms with Crippen LogP contribution in [-0.2, 0) is 16.2 Å². The van der Waals surface area contributed by atoms with Gasteiger partial charge in [-0.1, -0.05) is 223 Å². The predicted molar refractivity (Wildman–Crippen MR) is 358 cm³/mol. The molecule has 11 aromatic rings. The van der Waals surface area contributed by atoms with E-state index >= 15 is 0 Å². The number of aromatic nitrogens is 2. The third kappa shape index (κ3) is 8.32. The Balaban J connectivity index is 1.07. The minimum absolute atomic E-state index is 0.0407. The Morgan fingerprint density at radius 1 is 0.477 bits per heavy atom. The standard InChI is InChI=1S/C81H72N4O/c1-49-27-31-53(32-28-49)64-43-51(3)47-82-77(64)84(57-39-35-55(36-40-57)79(5,6)7)70-45-68-73(62-22-12-11-21-61(62)70)75-69(81(68)66-24-16-13-19-59(66)60-20-14-17-25-67(60)81)46-71(74-63-23-15-18-26-72(63)86-76(74)75)85(58-41-37-56(38-42-58)80(8,9)10)78-65(44-52(4)48-83-78)54-33-29-50(2)30-34-54/h11-48,59,66,69,75H,1-10H3. The molecule has 86 heavy (non-hydrogen) atoms. The number of furan rings is 1. The quantitative estimate of drug-likeness (QED) is 0.152. The highest BCUT2D eigenvalue weighted by atomic mass is 16.3. The molecule has 0 amide bonds.